The van der Waals surface area contributed by atoms with Crippen LogP contribution in [0.1, 0.15) is 11.3 Å². The Morgan fingerprint density at radius 2 is 2.42 bits per heavy atom. The molecule has 0 fully saturated rings. The Bertz CT molecular complexity index is 314. The molecule has 0 saturated carbocycles. The fourth-order valence-electron chi connectivity index (χ4n) is 0.871. The predicted octanol–water partition coefficient (Wildman–Crippen LogP) is 2.23. The van der Waals surface area contributed by atoms with Crippen molar-refractivity contribution in [3.63, 3.8) is 0 Å². The van der Waals surface area contributed by atoms with E-state index in [1.807, 2.05) is 0 Å². The summed E-state index contributed by atoms with van der Waals surface area (Å²) in [4.78, 5) is 13.9. The van der Waals surface area contributed by atoms with Gasteiger partial charge in [-0.25, -0.2) is 0 Å². The average molecular weight is 278 g/mol. The highest BCUT2D eigenvalue weighted by molar-refractivity contribution is 14.1. The number of halogens is 1. The zero-order valence-electron chi connectivity index (χ0n) is 6.45. The largest absolute Gasteiger partial charge is 0.290 e. The molecule has 0 aliphatic rings. The molecule has 0 amide bonds. The van der Waals surface area contributed by atoms with Gasteiger partial charge in [0.1, 0.15) is 6.20 Å². The third-order valence-electron chi connectivity index (χ3n) is 1.47. The number of alkyl halides is 1. The van der Waals surface area contributed by atoms with E-state index in [0.717, 1.165) is 10.1 Å². The summed E-state index contributed by atoms with van der Waals surface area (Å²) in [5.74, 6) is 0. The van der Waals surface area contributed by atoms with E-state index in [4.69, 9.17) is 0 Å². The highest BCUT2D eigenvalue weighted by Gasteiger charge is 2.10. The fraction of sp³-hybridized carbons (Fsp3) is 0.286. The fourth-order valence-corrected chi connectivity index (χ4v) is 1.29. The van der Waals surface area contributed by atoms with Crippen molar-refractivity contribution in [2.45, 2.75) is 11.4 Å². The molecule has 0 bridgehead atoms. The predicted molar refractivity (Wildman–Crippen MR) is 53.4 cm³/mol. The molecule has 0 aliphatic heterocycles. The number of hydrogen-bond acceptors (Lipinski definition) is 3. The molecule has 0 aromatic carbocycles. The Morgan fingerprint density at radius 3 is 2.83 bits per heavy atom. The normalized spacial score (nSPS) is 9.83. The molecule has 0 aliphatic carbocycles. The van der Waals surface area contributed by atoms with E-state index in [2.05, 4.69) is 27.6 Å². The Morgan fingerprint density at radius 1 is 1.75 bits per heavy atom. The van der Waals surface area contributed by atoms with Crippen molar-refractivity contribution in [1.29, 1.82) is 0 Å². The summed E-state index contributed by atoms with van der Waals surface area (Å²) in [6, 6.07) is 1.74. The molecule has 0 spiro atoms. The lowest BCUT2D eigenvalue weighted by atomic mass is 10.2. The lowest BCUT2D eigenvalue weighted by Gasteiger charge is -1.97. The van der Waals surface area contributed by atoms with Crippen molar-refractivity contribution in [2.24, 2.45) is 0 Å². The number of hydrogen-bond donors (Lipinski definition) is 0. The minimum atomic E-state index is -0.417. The summed E-state index contributed by atoms with van der Waals surface area (Å²) in [5, 5.41) is 10.4. The van der Waals surface area contributed by atoms with E-state index in [1.54, 1.807) is 13.0 Å². The topological polar surface area (TPSA) is 56.0 Å². The van der Waals surface area contributed by atoms with Gasteiger partial charge >= 0.3 is 0 Å². The van der Waals surface area contributed by atoms with Crippen LogP contribution in [0.5, 0.6) is 0 Å². The Kier molecular flexibility index (Phi) is 2.96. The quantitative estimate of drug-likeness (QED) is 0.361. The highest BCUT2D eigenvalue weighted by atomic mass is 127. The molecule has 0 atom stereocenters. The first-order chi connectivity index (χ1) is 5.65. The van der Waals surface area contributed by atoms with Gasteiger partial charge in [0.25, 0.3) is 5.69 Å². The summed E-state index contributed by atoms with van der Waals surface area (Å²) < 4.78 is 0.774. The lowest BCUT2D eigenvalue weighted by molar-refractivity contribution is -0.385. The van der Waals surface area contributed by atoms with Gasteiger partial charge in [-0.3, -0.25) is 15.1 Å². The van der Waals surface area contributed by atoms with Gasteiger partial charge in [-0.05, 0) is 13.0 Å². The molecule has 1 aromatic heterocycles. The number of rotatable bonds is 2. The van der Waals surface area contributed by atoms with Crippen molar-refractivity contribution < 1.29 is 4.92 Å². The van der Waals surface area contributed by atoms with Gasteiger partial charge in [0.2, 0.25) is 0 Å². The van der Waals surface area contributed by atoms with Gasteiger partial charge in [0.15, 0.2) is 0 Å². The molecule has 0 radical (unpaired) electrons. The smallest absolute Gasteiger partial charge is 0.258 e. The maximum atomic E-state index is 10.4. The summed E-state index contributed by atoms with van der Waals surface area (Å²) in [6.45, 7) is 1.72. The minimum Gasteiger partial charge on any atom is -0.258 e. The van der Waals surface area contributed by atoms with Gasteiger partial charge in [-0.1, -0.05) is 22.6 Å². The first-order valence-electron chi connectivity index (χ1n) is 3.31. The molecule has 5 heteroatoms. The molecule has 1 rings (SSSR count). The van der Waals surface area contributed by atoms with E-state index < -0.39 is 4.92 Å². The third-order valence-corrected chi connectivity index (χ3v) is 2.25. The van der Waals surface area contributed by atoms with Crippen LogP contribution in [-0.2, 0) is 4.43 Å². The van der Waals surface area contributed by atoms with Crippen molar-refractivity contribution in [3.8, 4) is 0 Å². The van der Waals surface area contributed by atoms with Gasteiger partial charge in [-0.15, -0.1) is 0 Å². The summed E-state index contributed by atoms with van der Waals surface area (Å²) in [7, 11) is 0. The number of nitrogens with zero attached hydrogens (tertiary/aromatic N) is 2. The molecule has 12 heavy (non-hydrogen) atoms. The second-order valence-electron chi connectivity index (χ2n) is 2.35. The van der Waals surface area contributed by atoms with Crippen LogP contribution >= 0.6 is 22.6 Å². The van der Waals surface area contributed by atoms with Crippen LogP contribution in [0, 0.1) is 17.0 Å². The molecule has 4 nitrogen and oxygen atoms in total. The van der Waals surface area contributed by atoms with Crippen LogP contribution in [0.2, 0.25) is 0 Å². The van der Waals surface area contributed by atoms with E-state index in [-0.39, 0.29) is 5.69 Å². The lowest BCUT2D eigenvalue weighted by Crippen LogP contribution is -1.94. The van der Waals surface area contributed by atoms with Crippen molar-refractivity contribution in [2.75, 3.05) is 0 Å². The molecule has 0 unspecified atom stereocenters. The zero-order valence-corrected chi connectivity index (χ0v) is 8.61. The van der Waals surface area contributed by atoms with Gasteiger partial charge in [0, 0.05) is 9.99 Å². The molecule has 0 N–H and O–H groups in total. The Balaban J connectivity index is 3.12. The number of nitro groups is 1. The Labute approximate surface area is 83.3 Å². The van der Waals surface area contributed by atoms with Crippen LogP contribution in [-0.4, -0.2) is 9.91 Å². The standard InChI is InChI=1S/C7H7IN2O2/c1-5-2-6(3-8)9-4-7(5)10(11)12/h2,4H,3H2,1H3. The number of aryl methyl sites for hydroxylation is 1. The van der Waals surface area contributed by atoms with Crippen LogP contribution in [0.4, 0.5) is 5.69 Å². The summed E-state index contributed by atoms with van der Waals surface area (Å²) in [5.41, 5.74) is 1.63. The molecule has 0 saturated heterocycles. The summed E-state index contributed by atoms with van der Waals surface area (Å²) >= 11 is 2.17. The van der Waals surface area contributed by atoms with Crippen molar-refractivity contribution >= 4 is 28.3 Å². The maximum absolute atomic E-state index is 10.4. The van der Waals surface area contributed by atoms with Crippen molar-refractivity contribution in [3.05, 3.63) is 33.6 Å². The monoisotopic (exact) mass is 278 g/mol. The third kappa shape index (κ3) is 1.90. The van der Waals surface area contributed by atoms with E-state index in [9.17, 15) is 10.1 Å². The molecule has 1 aromatic rings. The van der Waals surface area contributed by atoms with Crippen LogP contribution in [0.3, 0.4) is 0 Å². The molecule has 64 valence electrons. The van der Waals surface area contributed by atoms with E-state index in [1.165, 1.54) is 6.20 Å². The second kappa shape index (κ2) is 3.79. The second-order valence-corrected chi connectivity index (χ2v) is 3.12. The summed E-state index contributed by atoms with van der Waals surface area (Å²) in [6.07, 6.45) is 1.31. The molecular weight excluding hydrogens is 271 g/mol. The van der Waals surface area contributed by atoms with Crippen LogP contribution in [0.15, 0.2) is 12.3 Å². The highest BCUT2D eigenvalue weighted by Crippen LogP contribution is 2.17. The first kappa shape index (κ1) is 9.37. The SMILES string of the molecule is Cc1cc(CI)ncc1[N+](=O)[O-]. The Hall–Kier alpha value is -0.720. The zero-order chi connectivity index (χ0) is 9.14. The van der Waals surface area contributed by atoms with Crippen molar-refractivity contribution in [1.82, 2.24) is 4.98 Å². The first-order valence-corrected chi connectivity index (χ1v) is 4.83. The van der Waals surface area contributed by atoms with Crippen LogP contribution < -0.4 is 0 Å². The van der Waals surface area contributed by atoms with Gasteiger partial charge in [-0.2, -0.15) is 0 Å². The molecular formula is C7H7IN2O2. The molecule has 1 heterocycles. The average Bonchev–Trinajstić information content (AvgIpc) is 2.03. The van der Waals surface area contributed by atoms with Crippen LogP contribution in [0.25, 0.3) is 0 Å². The number of aromatic nitrogens is 1. The van der Waals surface area contributed by atoms with Gasteiger partial charge < -0.3 is 0 Å². The van der Waals surface area contributed by atoms with Gasteiger partial charge in [0.05, 0.1) is 10.6 Å². The van der Waals surface area contributed by atoms with E-state index >= 15 is 0 Å². The van der Waals surface area contributed by atoms with E-state index in [0.29, 0.717) is 5.56 Å². The maximum Gasteiger partial charge on any atom is 0.290 e. The minimum absolute atomic E-state index is 0.0867. The number of pyridine rings is 1.